The smallest absolute Gasteiger partial charge is 0.129 e. The number of benzene rings is 1. The second-order valence-electron chi connectivity index (χ2n) is 4.25. The highest BCUT2D eigenvalue weighted by molar-refractivity contribution is 5.75. The van der Waals surface area contributed by atoms with Gasteiger partial charge in [0.2, 0.25) is 0 Å². The van der Waals surface area contributed by atoms with Crippen LogP contribution in [0.1, 0.15) is 43.7 Å². The van der Waals surface area contributed by atoms with E-state index >= 15 is 0 Å². The molecule has 0 unspecified atom stereocenters. The standard InChI is InChI=1S/C14H20O/c1-12-7-6-10-14(11-12)9-5-3-4-8-13(2)15/h6-7,10-11H,3-5,8-9H2,1-2H3. The minimum atomic E-state index is 0.311. The maximum absolute atomic E-state index is 10.7. The van der Waals surface area contributed by atoms with Crippen molar-refractivity contribution in [2.75, 3.05) is 0 Å². The number of ketones is 1. The Balaban J connectivity index is 2.17. The van der Waals surface area contributed by atoms with Crippen LogP contribution >= 0.6 is 0 Å². The van der Waals surface area contributed by atoms with Crippen molar-refractivity contribution >= 4 is 5.78 Å². The monoisotopic (exact) mass is 204 g/mol. The van der Waals surface area contributed by atoms with Gasteiger partial charge in [-0.05, 0) is 38.7 Å². The van der Waals surface area contributed by atoms with Crippen molar-refractivity contribution < 1.29 is 4.79 Å². The lowest BCUT2D eigenvalue weighted by Gasteiger charge is -2.02. The Morgan fingerprint density at radius 1 is 1.20 bits per heavy atom. The molecule has 1 aromatic carbocycles. The van der Waals surface area contributed by atoms with Gasteiger partial charge in [0.05, 0.1) is 0 Å². The summed E-state index contributed by atoms with van der Waals surface area (Å²) >= 11 is 0. The van der Waals surface area contributed by atoms with E-state index in [1.54, 1.807) is 6.92 Å². The molecule has 0 radical (unpaired) electrons. The van der Waals surface area contributed by atoms with E-state index in [0.717, 1.165) is 25.7 Å². The van der Waals surface area contributed by atoms with Crippen LogP contribution in [0.5, 0.6) is 0 Å². The van der Waals surface area contributed by atoms with Gasteiger partial charge in [0.15, 0.2) is 0 Å². The average Bonchev–Trinajstić information content (AvgIpc) is 2.17. The zero-order valence-electron chi connectivity index (χ0n) is 9.75. The lowest BCUT2D eigenvalue weighted by atomic mass is 10.0. The Hall–Kier alpha value is -1.11. The van der Waals surface area contributed by atoms with E-state index in [1.165, 1.54) is 17.5 Å². The molecule has 0 amide bonds. The van der Waals surface area contributed by atoms with Crippen LogP contribution in [0.15, 0.2) is 24.3 Å². The molecule has 0 atom stereocenters. The predicted octanol–water partition coefficient (Wildman–Crippen LogP) is 3.69. The molecular weight excluding hydrogens is 184 g/mol. The number of aryl methyl sites for hydroxylation is 2. The van der Waals surface area contributed by atoms with Crippen molar-refractivity contribution in [2.45, 2.75) is 46.0 Å². The Morgan fingerprint density at radius 3 is 2.67 bits per heavy atom. The number of Topliss-reactive ketones (excluding diaryl/α,β-unsaturated/α-hetero) is 1. The molecular formula is C14H20O. The van der Waals surface area contributed by atoms with Crippen LogP contribution in [0.2, 0.25) is 0 Å². The van der Waals surface area contributed by atoms with E-state index in [2.05, 4.69) is 31.2 Å². The van der Waals surface area contributed by atoms with Gasteiger partial charge in [-0.3, -0.25) is 0 Å². The third-order valence-electron chi connectivity index (χ3n) is 2.58. The van der Waals surface area contributed by atoms with Crippen molar-refractivity contribution in [3.05, 3.63) is 35.4 Å². The molecule has 0 bridgehead atoms. The van der Waals surface area contributed by atoms with Crippen molar-refractivity contribution in [2.24, 2.45) is 0 Å². The summed E-state index contributed by atoms with van der Waals surface area (Å²) < 4.78 is 0. The molecule has 0 heterocycles. The molecule has 0 aromatic heterocycles. The fourth-order valence-corrected chi connectivity index (χ4v) is 1.75. The first-order chi connectivity index (χ1) is 7.18. The van der Waals surface area contributed by atoms with Gasteiger partial charge >= 0.3 is 0 Å². The second-order valence-corrected chi connectivity index (χ2v) is 4.25. The van der Waals surface area contributed by atoms with E-state index in [4.69, 9.17) is 0 Å². The van der Waals surface area contributed by atoms with Crippen molar-refractivity contribution in [3.63, 3.8) is 0 Å². The second kappa shape index (κ2) is 6.39. The first-order valence-electron chi connectivity index (χ1n) is 5.73. The maximum Gasteiger partial charge on any atom is 0.129 e. The van der Waals surface area contributed by atoms with E-state index in [9.17, 15) is 4.79 Å². The molecule has 0 aliphatic rings. The fourth-order valence-electron chi connectivity index (χ4n) is 1.75. The number of hydrogen-bond donors (Lipinski definition) is 0. The van der Waals surface area contributed by atoms with Crippen LogP contribution in [0.4, 0.5) is 0 Å². The molecule has 0 aliphatic carbocycles. The van der Waals surface area contributed by atoms with Crippen molar-refractivity contribution in [1.82, 2.24) is 0 Å². The van der Waals surface area contributed by atoms with Crippen molar-refractivity contribution in [1.29, 1.82) is 0 Å². The number of carbonyl (C=O) groups excluding carboxylic acids is 1. The zero-order chi connectivity index (χ0) is 11.1. The minimum absolute atomic E-state index is 0.311. The van der Waals surface area contributed by atoms with Gasteiger partial charge in [-0.2, -0.15) is 0 Å². The summed E-state index contributed by atoms with van der Waals surface area (Å²) in [7, 11) is 0. The quantitative estimate of drug-likeness (QED) is 0.646. The highest BCUT2D eigenvalue weighted by Gasteiger charge is 1.96. The first-order valence-corrected chi connectivity index (χ1v) is 5.73. The van der Waals surface area contributed by atoms with E-state index < -0.39 is 0 Å². The van der Waals surface area contributed by atoms with Gasteiger partial charge in [-0.1, -0.05) is 36.2 Å². The van der Waals surface area contributed by atoms with Crippen LogP contribution in [-0.2, 0) is 11.2 Å². The molecule has 0 fully saturated rings. The fraction of sp³-hybridized carbons (Fsp3) is 0.500. The Morgan fingerprint density at radius 2 is 2.00 bits per heavy atom. The molecule has 15 heavy (non-hydrogen) atoms. The summed E-state index contributed by atoms with van der Waals surface area (Å²) in [5.74, 6) is 0.311. The summed E-state index contributed by atoms with van der Waals surface area (Å²) in [4.78, 5) is 10.7. The SMILES string of the molecule is CC(=O)CCCCCc1cccc(C)c1. The van der Waals surface area contributed by atoms with Gasteiger partial charge in [0.25, 0.3) is 0 Å². The van der Waals surface area contributed by atoms with E-state index in [-0.39, 0.29) is 0 Å². The molecule has 0 spiro atoms. The van der Waals surface area contributed by atoms with Crippen LogP contribution in [-0.4, -0.2) is 5.78 Å². The molecule has 82 valence electrons. The molecule has 1 nitrogen and oxygen atoms in total. The molecule has 0 N–H and O–H groups in total. The van der Waals surface area contributed by atoms with E-state index in [0.29, 0.717) is 5.78 Å². The predicted molar refractivity (Wildman–Crippen MR) is 64.0 cm³/mol. The number of carbonyl (C=O) groups is 1. The van der Waals surface area contributed by atoms with Gasteiger partial charge < -0.3 is 4.79 Å². The topological polar surface area (TPSA) is 17.1 Å². The molecule has 1 rings (SSSR count). The molecule has 0 saturated carbocycles. The lowest BCUT2D eigenvalue weighted by Crippen LogP contribution is -1.91. The third-order valence-corrected chi connectivity index (χ3v) is 2.58. The average molecular weight is 204 g/mol. The first kappa shape index (κ1) is 12.0. The van der Waals surface area contributed by atoms with Crippen LogP contribution in [0.25, 0.3) is 0 Å². The molecule has 1 aromatic rings. The summed E-state index contributed by atoms with van der Waals surface area (Å²) in [5, 5.41) is 0. The summed E-state index contributed by atoms with van der Waals surface area (Å²) in [6, 6.07) is 8.66. The van der Waals surface area contributed by atoms with Crippen LogP contribution in [0, 0.1) is 6.92 Å². The highest BCUT2D eigenvalue weighted by Crippen LogP contribution is 2.09. The van der Waals surface area contributed by atoms with Gasteiger partial charge in [0, 0.05) is 6.42 Å². The lowest BCUT2D eigenvalue weighted by molar-refractivity contribution is -0.117. The summed E-state index contributed by atoms with van der Waals surface area (Å²) in [5.41, 5.74) is 2.74. The number of rotatable bonds is 6. The largest absolute Gasteiger partial charge is 0.300 e. The third kappa shape index (κ3) is 5.36. The minimum Gasteiger partial charge on any atom is -0.300 e. The Labute approximate surface area is 92.5 Å². The summed E-state index contributed by atoms with van der Waals surface area (Å²) in [6.07, 6.45) is 5.28. The Kier molecular flexibility index (Phi) is 5.09. The molecule has 0 saturated heterocycles. The molecule has 1 heteroatoms. The van der Waals surface area contributed by atoms with Gasteiger partial charge in [-0.15, -0.1) is 0 Å². The summed E-state index contributed by atoms with van der Waals surface area (Å²) in [6.45, 7) is 3.79. The maximum atomic E-state index is 10.7. The number of unbranched alkanes of at least 4 members (excludes halogenated alkanes) is 2. The van der Waals surface area contributed by atoms with E-state index in [1.807, 2.05) is 0 Å². The van der Waals surface area contributed by atoms with Gasteiger partial charge in [0.1, 0.15) is 5.78 Å². The molecule has 0 aliphatic heterocycles. The number of hydrogen-bond acceptors (Lipinski definition) is 1. The normalized spacial score (nSPS) is 10.3. The highest BCUT2D eigenvalue weighted by atomic mass is 16.1. The zero-order valence-corrected chi connectivity index (χ0v) is 9.75. The van der Waals surface area contributed by atoms with Gasteiger partial charge in [-0.25, -0.2) is 0 Å². The Bertz CT molecular complexity index is 315. The van der Waals surface area contributed by atoms with Crippen LogP contribution in [0.3, 0.4) is 0 Å². The van der Waals surface area contributed by atoms with Crippen molar-refractivity contribution in [3.8, 4) is 0 Å². The van der Waals surface area contributed by atoms with Crippen LogP contribution < -0.4 is 0 Å².